The number of hydrogen-bond acceptors (Lipinski definition) is 8. The Labute approximate surface area is 200 Å². The summed E-state index contributed by atoms with van der Waals surface area (Å²) in [5.74, 6) is 1.01. The van der Waals surface area contributed by atoms with Crippen LogP contribution in [0.5, 0.6) is 5.75 Å². The number of nitrogens with one attached hydrogen (secondary N) is 1. The first-order valence-electron chi connectivity index (χ1n) is 11.3. The number of oxazole rings is 1. The zero-order chi connectivity index (χ0) is 24.5. The van der Waals surface area contributed by atoms with Gasteiger partial charge in [-0.05, 0) is 56.1 Å². The van der Waals surface area contributed by atoms with Crippen LogP contribution in [0.2, 0.25) is 0 Å². The predicted octanol–water partition coefficient (Wildman–Crippen LogP) is 4.24. The molecule has 0 amide bonds. The largest absolute Gasteiger partial charge is 0.495 e. The Morgan fingerprint density at radius 3 is 2.74 bits per heavy atom. The normalized spacial score (nSPS) is 14.1. The van der Waals surface area contributed by atoms with E-state index in [0.29, 0.717) is 36.1 Å². The molecule has 1 saturated heterocycles. The van der Waals surface area contributed by atoms with Gasteiger partial charge in [0.25, 0.3) is 0 Å². The van der Waals surface area contributed by atoms with Crippen LogP contribution in [0.3, 0.4) is 0 Å². The summed E-state index contributed by atoms with van der Waals surface area (Å²) in [6.45, 7) is 9.79. The minimum absolute atomic E-state index is 0.240. The molecular formula is C26H31N5O3. The van der Waals surface area contributed by atoms with Crippen molar-refractivity contribution in [2.24, 2.45) is 5.73 Å². The summed E-state index contributed by atoms with van der Waals surface area (Å²) >= 11 is 0. The number of nitrogens with two attached hydrogens (primary N) is 1. The fourth-order valence-corrected chi connectivity index (χ4v) is 3.76. The number of benzene rings is 2. The van der Waals surface area contributed by atoms with Crippen LogP contribution in [-0.4, -0.2) is 55.5 Å². The molecule has 2 aromatic carbocycles. The maximum absolute atomic E-state index is 10.8. The number of carbonyl (C=O) groups is 1. The molecule has 1 fully saturated rings. The third-order valence-corrected chi connectivity index (χ3v) is 5.81. The van der Waals surface area contributed by atoms with E-state index in [4.69, 9.17) is 20.1 Å². The highest BCUT2D eigenvalue weighted by atomic mass is 16.5. The summed E-state index contributed by atoms with van der Waals surface area (Å²) in [4.78, 5) is 17.4. The van der Waals surface area contributed by atoms with Gasteiger partial charge in [0.1, 0.15) is 17.7 Å². The van der Waals surface area contributed by atoms with Gasteiger partial charge in [0.15, 0.2) is 6.29 Å². The lowest BCUT2D eigenvalue weighted by Gasteiger charge is -2.28. The highest BCUT2D eigenvalue weighted by molar-refractivity contribution is 5.99. The first-order chi connectivity index (χ1) is 16.5. The van der Waals surface area contributed by atoms with Crippen molar-refractivity contribution in [2.45, 2.75) is 25.8 Å². The first-order valence-corrected chi connectivity index (χ1v) is 11.3. The molecule has 1 aliphatic heterocycles. The molecule has 178 valence electrons. The number of methoxy groups -OCH3 is 1. The van der Waals surface area contributed by atoms with Crippen LogP contribution in [-0.2, 0) is 0 Å². The van der Waals surface area contributed by atoms with Gasteiger partial charge < -0.3 is 25.1 Å². The van der Waals surface area contributed by atoms with E-state index in [2.05, 4.69) is 28.7 Å². The van der Waals surface area contributed by atoms with Crippen LogP contribution in [0.4, 0.5) is 5.69 Å². The molecule has 0 spiro atoms. The molecule has 0 bridgehead atoms. The number of likely N-dealkylation sites (tertiary alicyclic amines) is 1. The zero-order valence-electron chi connectivity index (χ0n) is 19.7. The number of ether oxygens (including phenoxy) is 1. The Kier molecular flexibility index (Phi) is 8.79. The van der Waals surface area contributed by atoms with Crippen molar-refractivity contribution in [3.05, 3.63) is 54.4 Å². The molecule has 0 atom stereocenters. The summed E-state index contributed by atoms with van der Waals surface area (Å²) in [6.07, 6.45) is 4.33. The van der Waals surface area contributed by atoms with E-state index in [-0.39, 0.29) is 5.69 Å². The maximum atomic E-state index is 10.8. The average molecular weight is 462 g/mol. The van der Waals surface area contributed by atoms with Crippen molar-refractivity contribution >= 4 is 22.7 Å². The van der Waals surface area contributed by atoms with E-state index in [1.165, 1.54) is 38.7 Å². The molecule has 3 N–H and O–H groups in total. The van der Waals surface area contributed by atoms with E-state index in [0.717, 1.165) is 22.0 Å². The molecule has 8 heteroatoms. The Bertz CT molecular complexity index is 1170. The van der Waals surface area contributed by atoms with Gasteiger partial charge in [0.2, 0.25) is 5.89 Å². The van der Waals surface area contributed by atoms with Crippen molar-refractivity contribution in [3.63, 3.8) is 0 Å². The van der Waals surface area contributed by atoms with E-state index >= 15 is 0 Å². The van der Waals surface area contributed by atoms with E-state index in [9.17, 15) is 4.79 Å². The van der Waals surface area contributed by atoms with Gasteiger partial charge in [-0.2, -0.15) is 5.26 Å². The van der Waals surface area contributed by atoms with Crippen LogP contribution in [0.25, 0.3) is 22.2 Å². The van der Waals surface area contributed by atoms with Crippen molar-refractivity contribution < 1.29 is 13.9 Å². The van der Waals surface area contributed by atoms with Crippen molar-refractivity contribution in [3.8, 4) is 23.3 Å². The Morgan fingerprint density at radius 1 is 1.38 bits per heavy atom. The number of aromatic nitrogens is 1. The molecule has 0 saturated carbocycles. The highest BCUT2D eigenvalue weighted by Crippen LogP contribution is 2.35. The molecule has 8 nitrogen and oxygen atoms in total. The van der Waals surface area contributed by atoms with E-state index in [1.54, 1.807) is 7.11 Å². The molecule has 4 rings (SSSR count). The Morgan fingerprint density at radius 2 is 2.12 bits per heavy atom. The van der Waals surface area contributed by atoms with Crippen molar-refractivity contribution in [1.29, 1.82) is 5.26 Å². The van der Waals surface area contributed by atoms with Gasteiger partial charge in [-0.25, -0.2) is 4.98 Å². The third-order valence-electron chi connectivity index (χ3n) is 5.81. The second kappa shape index (κ2) is 12.0. The molecule has 0 aliphatic carbocycles. The summed E-state index contributed by atoms with van der Waals surface area (Å²) in [5.41, 5.74) is 7.86. The smallest absolute Gasteiger partial charge is 0.226 e. The second-order valence-electron chi connectivity index (χ2n) is 8.11. The van der Waals surface area contributed by atoms with Crippen molar-refractivity contribution in [1.82, 2.24) is 9.88 Å². The SMILES string of the molecule is C=C(C#N)CNc1c(OC)ccc2ccc(-c3nc(C=O)co3)cc12.CCN1CCC(N)CC1. The fourth-order valence-electron chi connectivity index (χ4n) is 3.76. The van der Waals surface area contributed by atoms with Crippen LogP contribution in [0.1, 0.15) is 30.3 Å². The lowest BCUT2D eigenvalue weighted by atomic mass is 10.0. The van der Waals surface area contributed by atoms with Gasteiger partial charge >= 0.3 is 0 Å². The van der Waals surface area contributed by atoms with Gasteiger partial charge in [0.05, 0.1) is 18.9 Å². The lowest BCUT2D eigenvalue weighted by molar-refractivity contribution is 0.111. The van der Waals surface area contributed by atoms with Crippen LogP contribution < -0.4 is 15.8 Å². The van der Waals surface area contributed by atoms with Crippen molar-refractivity contribution in [2.75, 3.05) is 38.6 Å². The zero-order valence-corrected chi connectivity index (χ0v) is 19.7. The quantitative estimate of drug-likeness (QED) is 0.396. The minimum atomic E-state index is 0.240. The van der Waals surface area contributed by atoms with E-state index < -0.39 is 0 Å². The number of fused-ring (bicyclic) bond motifs is 1. The molecular weight excluding hydrogens is 430 g/mol. The topological polar surface area (TPSA) is 117 Å². The van der Waals surface area contributed by atoms with Crippen LogP contribution in [0.15, 0.2) is 53.2 Å². The van der Waals surface area contributed by atoms with Gasteiger partial charge in [0, 0.05) is 29.1 Å². The summed E-state index contributed by atoms with van der Waals surface area (Å²) < 4.78 is 10.8. The minimum Gasteiger partial charge on any atom is -0.495 e. The third kappa shape index (κ3) is 6.22. The standard InChI is InChI=1S/C19H15N3O3.C7H16N2/c1-12(8-20)9-21-18-16-7-14(19-22-15(10-23)11-25-19)4-3-13(16)5-6-17(18)24-2;1-2-9-5-3-7(8)4-6-9/h3-7,10-11,21H,1,9H2,2H3;7H,2-6,8H2,1H3. The van der Waals surface area contributed by atoms with Gasteiger partial charge in [-0.1, -0.05) is 25.6 Å². The fraction of sp³-hybridized carbons (Fsp3) is 0.346. The predicted molar refractivity (Wildman–Crippen MR) is 134 cm³/mol. The number of nitrogens with zero attached hydrogens (tertiary/aromatic N) is 3. The molecule has 2 heterocycles. The Hall–Kier alpha value is -3.67. The number of carbonyl (C=O) groups excluding carboxylic acids is 1. The molecule has 0 unspecified atom stereocenters. The second-order valence-corrected chi connectivity index (χ2v) is 8.11. The number of rotatable bonds is 7. The molecule has 0 radical (unpaired) electrons. The molecule has 34 heavy (non-hydrogen) atoms. The number of nitriles is 1. The molecule has 3 aromatic rings. The number of piperidine rings is 1. The number of anilines is 1. The average Bonchev–Trinajstić information content (AvgIpc) is 3.37. The summed E-state index contributed by atoms with van der Waals surface area (Å²) in [5, 5.41) is 14.0. The lowest BCUT2D eigenvalue weighted by Crippen LogP contribution is -2.39. The van der Waals surface area contributed by atoms with E-state index in [1.807, 2.05) is 36.4 Å². The maximum Gasteiger partial charge on any atom is 0.226 e. The number of hydrogen-bond donors (Lipinski definition) is 2. The highest BCUT2D eigenvalue weighted by Gasteiger charge is 2.14. The summed E-state index contributed by atoms with van der Waals surface area (Å²) in [6, 6.07) is 12.0. The van der Waals surface area contributed by atoms with Crippen LogP contribution >= 0.6 is 0 Å². The molecule has 1 aromatic heterocycles. The van der Waals surface area contributed by atoms with Gasteiger partial charge in [-0.3, -0.25) is 4.79 Å². The van der Waals surface area contributed by atoms with Gasteiger partial charge in [-0.15, -0.1) is 0 Å². The first kappa shape index (κ1) is 25.0. The number of aldehydes is 1. The molecule has 1 aliphatic rings. The Balaban J connectivity index is 0.000000302. The summed E-state index contributed by atoms with van der Waals surface area (Å²) in [7, 11) is 1.58. The van der Waals surface area contributed by atoms with Crippen LogP contribution in [0, 0.1) is 11.3 Å². The monoisotopic (exact) mass is 461 g/mol.